The number of hydrogen-bond donors (Lipinski definition) is 0. The topological polar surface area (TPSA) is 16.1 Å². The highest BCUT2D eigenvalue weighted by Gasteiger charge is 2.02. The average molecular weight is 330 g/mol. The molecule has 0 N–H and O–H groups in total. The Hall–Kier alpha value is -2.61. The highest BCUT2D eigenvalue weighted by atomic mass is 15.1. The Morgan fingerprint density at radius 2 is 1.60 bits per heavy atom. The van der Waals surface area contributed by atoms with E-state index < -0.39 is 0 Å². The van der Waals surface area contributed by atoms with E-state index in [-0.39, 0.29) is 0 Å². The summed E-state index contributed by atoms with van der Waals surface area (Å²) in [7, 11) is 0. The molecule has 1 heterocycles. The van der Waals surface area contributed by atoms with Crippen LogP contribution in [-0.2, 0) is 0 Å². The molecule has 1 aromatic heterocycles. The van der Waals surface area contributed by atoms with E-state index in [4.69, 9.17) is 4.98 Å². The van der Waals surface area contributed by atoms with Crippen molar-refractivity contribution < 1.29 is 0 Å². The summed E-state index contributed by atoms with van der Waals surface area (Å²) in [6, 6.07) is 17.3. The standard InChI is InChI=1S/C23H26N2/c1-5-25(6-2)21-12-9-19(10-13-21)8-11-20-16-18(4)22-15-17(3)7-14-23(22)24-20/h7-16H,5-6H2,1-4H3. The van der Waals surface area contributed by atoms with E-state index in [9.17, 15) is 0 Å². The van der Waals surface area contributed by atoms with E-state index in [2.05, 4.69) is 93.3 Å². The summed E-state index contributed by atoms with van der Waals surface area (Å²) in [5.41, 5.74) is 7.07. The minimum atomic E-state index is 1.00. The third kappa shape index (κ3) is 3.90. The largest absolute Gasteiger partial charge is 0.372 e. The number of rotatable bonds is 5. The van der Waals surface area contributed by atoms with Gasteiger partial charge in [0.05, 0.1) is 11.2 Å². The number of aromatic nitrogens is 1. The van der Waals surface area contributed by atoms with Crippen molar-refractivity contribution in [3.05, 3.63) is 70.9 Å². The van der Waals surface area contributed by atoms with Gasteiger partial charge in [-0.05, 0) is 75.2 Å². The molecule has 3 rings (SSSR count). The maximum Gasteiger partial charge on any atom is 0.0712 e. The van der Waals surface area contributed by atoms with E-state index in [0.717, 1.165) is 24.3 Å². The van der Waals surface area contributed by atoms with Crippen molar-refractivity contribution in [2.75, 3.05) is 18.0 Å². The molecule has 0 spiro atoms. The molecule has 0 saturated carbocycles. The predicted molar refractivity (Wildman–Crippen MR) is 110 cm³/mol. The highest BCUT2D eigenvalue weighted by Crippen LogP contribution is 2.21. The van der Waals surface area contributed by atoms with Gasteiger partial charge in [0.15, 0.2) is 0 Å². The normalized spacial score (nSPS) is 11.4. The van der Waals surface area contributed by atoms with Crippen LogP contribution in [-0.4, -0.2) is 18.1 Å². The zero-order valence-corrected chi connectivity index (χ0v) is 15.6. The van der Waals surface area contributed by atoms with Gasteiger partial charge in [-0.3, -0.25) is 0 Å². The van der Waals surface area contributed by atoms with Gasteiger partial charge < -0.3 is 4.90 Å². The fourth-order valence-corrected chi connectivity index (χ4v) is 3.19. The molecule has 0 unspecified atom stereocenters. The Bertz CT molecular complexity index is 888. The fourth-order valence-electron chi connectivity index (χ4n) is 3.19. The Morgan fingerprint density at radius 3 is 2.28 bits per heavy atom. The van der Waals surface area contributed by atoms with Crippen molar-refractivity contribution in [2.45, 2.75) is 27.7 Å². The number of benzene rings is 2. The van der Waals surface area contributed by atoms with Crippen LogP contribution in [0.2, 0.25) is 0 Å². The number of aryl methyl sites for hydroxylation is 2. The lowest BCUT2D eigenvalue weighted by Gasteiger charge is -2.20. The van der Waals surface area contributed by atoms with E-state index in [1.165, 1.54) is 27.8 Å². The summed E-state index contributed by atoms with van der Waals surface area (Å²) in [6.07, 6.45) is 4.23. The maximum absolute atomic E-state index is 4.77. The van der Waals surface area contributed by atoms with Gasteiger partial charge in [-0.2, -0.15) is 0 Å². The highest BCUT2D eigenvalue weighted by molar-refractivity contribution is 5.84. The number of hydrogen-bond acceptors (Lipinski definition) is 2. The van der Waals surface area contributed by atoms with Gasteiger partial charge in [0.1, 0.15) is 0 Å². The molecule has 2 heteroatoms. The van der Waals surface area contributed by atoms with Crippen molar-refractivity contribution in [3.63, 3.8) is 0 Å². The second-order valence-electron chi connectivity index (χ2n) is 6.48. The van der Waals surface area contributed by atoms with Crippen molar-refractivity contribution in [1.29, 1.82) is 0 Å². The molecule has 0 aliphatic carbocycles. The summed E-state index contributed by atoms with van der Waals surface area (Å²) in [5, 5.41) is 1.24. The van der Waals surface area contributed by atoms with E-state index >= 15 is 0 Å². The Kier molecular flexibility index (Phi) is 5.18. The molecule has 0 fully saturated rings. The van der Waals surface area contributed by atoms with Crippen LogP contribution in [0.25, 0.3) is 23.1 Å². The fraction of sp³-hybridized carbons (Fsp3) is 0.261. The second-order valence-corrected chi connectivity index (χ2v) is 6.48. The maximum atomic E-state index is 4.77. The van der Waals surface area contributed by atoms with Crippen molar-refractivity contribution in [3.8, 4) is 0 Å². The van der Waals surface area contributed by atoms with Gasteiger partial charge in [0.2, 0.25) is 0 Å². The van der Waals surface area contributed by atoms with Gasteiger partial charge in [-0.1, -0.05) is 29.8 Å². The lowest BCUT2D eigenvalue weighted by Crippen LogP contribution is -2.21. The van der Waals surface area contributed by atoms with Crippen LogP contribution in [0.15, 0.2) is 48.5 Å². The monoisotopic (exact) mass is 330 g/mol. The summed E-state index contributed by atoms with van der Waals surface area (Å²) in [5.74, 6) is 0. The smallest absolute Gasteiger partial charge is 0.0712 e. The van der Waals surface area contributed by atoms with E-state index in [0.29, 0.717) is 0 Å². The molecule has 0 radical (unpaired) electrons. The van der Waals surface area contributed by atoms with E-state index in [1.807, 2.05) is 0 Å². The van der Waals surface area contributed by atoms with Gasteiger partial charge in [0, 0.05) is 24.2 Å². The first-order valence-corrected chi connectivity index (χ1v) is 9.01. The number of fused-ring (bicyclic) bond motifs is 1. The first-order valence-electron chi connectivity index (χ1n) is 9.01. The lowest BCUT2D eigenvalue weighted by atomic mass is 10.1. The van der Waals surface area contributed by atoms with Crippen LogP contribution in [0.3, 0.4) is 0 Å². The molecule has 3 aromatic rings. The van der Waals surface area contributed by atoms with Gasteiger partial charge in [-0.15, -0.1) is 0 Å². The van der Waals surface area contributed by atoms with Crippen LogP contribution >= 0.6 is 0 Å². The van der Waals surface area contributed by atoms with Crippen molar-refractivity contribution in [1.82, 2.24) is 4.98 Å². The minimum absolute atomic E-state index is 1.00. The molecule has 128 valence electrons. The quantitative estimate of drug-likeness (QED) is 0.582. The zero-order chi connectivity index (χ0) is 17.8. The summed E-state index contributed by atoms with van der Waals surface area (Å²) in [6.45, 7) is 10.7. The molecule has 2 nitrogen and oxygen atoms in total. The molecule has 0 aliphatic heterocycles. The zero-order valence-electron chi connectivity index (χ0n) is 15.6. The third-order valence-electron chi connectivity index (χ3n) is 4.66. The Labute approximate surface area is 150 Å². The molecule has 25 heavy (non-hydrogen) atoms. The molecular formula is C23H26N2. The van der Waals surface area contributed by atoms with Crippen LogP contribution in [0.5, 0.6) is 0 Å². The Morgan fingerprint density at radius 1 is 0.880 bits per heavy atom. The van der Waals surface area contributed by atoms with Crippen LogP contribution < -0.4 is 4.90 Å². The van der Waals surface area contributed by atoms with Gasteiger partial charge in [-0.25, -0.2) is 4.98 Å². The average Bonchev–Trinajstić information content (AvgIpc) is 2.63. The summed E-state index contributed by atoms with van der Waals surface area (Å²) < 4.78 is 0. The number of anilines is 1. The second kappa shape index (κ2) is 7.52. The third-order valence-corrected chi connectivity index (χ3v) is 4.66. The molecule has 0 bridgehead atoms. The van der Waals surface area contributed by atoms with Gasteiger partial charge in [0.25, 0.3) is 0 Å². The van der Waals surface area contributed by atoms with Crippen LogP contribution in [0.1, 0.15) is 36.2 Å². The molecule has 0 atom stereocenters. The predicted octanol–water partition coefficient (Wildman–Crippen LogP) is 5.87. The SMILES string of the molecule is CCN(CC)c1ccc(C=Cc2cc(C)c3cc(C)ccc3n2)cc1. The first-order chi connectivity index (χ1) is 12.1. The summed E-state index contributed by atoms with van der Waals surface area (Å²) in [4.78, 5) is 7.12. The molecule has 0 amide bonds. The molecule has 0 saturated heterocycles. The van der Waals surface area contributed by atoms with E-state index in [1.54, 1.807) is 0 Å². The number of nitrogens with zero attached hydrogens (tertiary/aromatic N) is 2. The van der Waals surface area contributed by atoms with Gasteiger partial charge >= 0.3 is 0 Å². The number of pyridine rings is 1. The molecule has 0 aliphatic rings. The Balaban J connectivity index is 1.84. The molecular weight excluding hydrogens is 304 g/mol. The van der Waals surface area contributed by atoms with Crippen LogP contribution in [0.4, 0.5) is 5.69 Å². The summed E-state index contributed by atoms with van der Waals surface area (Å²) >= 11 is 0. The first kappa shape index (κ1) is 17.2. The van der Waals surface area contributed by atoms with Crippen LogP contribution in [0, 0.1) is 13.8 Å². The lowest BCUT2D eigenvalue weighted by molar-refractivity contribution is 0.866. The van der Waals surface area contributed by atoms with Crippen molar-refractivity contribution >= 4 is 28.7 Å². The van der Waals surface area contributed by atoms with Crippen molar-refractivity contribution in [2.24, 2.45) is 0 Å². The minimum Gasteiger partial charge on any atom is -0.372 e. The molecule has 2 aromatic carbocycles.